The lowest BCUT2D eigenvalue weighted by Gasteiger charge is -2.12. The summed E-state index contributed by atoms with van der Waals surface area (Å²) in [4.78, 5) is 24.2. The Labute approximate surface area is 145 Å². The summed E-state index contributed by atoms with van der Waals surface area (Å²) in [6.45, 7) is 0.0916. The third kappa shape index (κ3) is 3.75. The van der Waals surface area contributed by atoms with Crippen LogP contribution >= 0.6 is 0 Å². The van der Waals surface area contributed by atoms with Gasteiger partial charge in [-0.25, -0.2) is 9.59 Å². The molecule has 0 unspecified atom stereocenters. The highest BCUT2D eigenvalue weighted by Crippen LogP contribution is 2.27. The fraction of sp³-hybridized carbons (Fsp3) is 0.0476. The zero-order valence-corrected chi connectivity index (χ0v) is 13.4. The van der Waals surface area contributed by atoms with Crippen LogP contribution in [0.3, 0.4) is 0 Å². The van der Waals surface area contributed by atoms with E-state index < -0.39 is 11.9 Å². The van der Waals surface area contributed by atoms with Crippen LogP contribution in [0.4, 0.5) is 0 Å². The summed E-state index contributed by atoms with van der Waals surface area (Å²) < 4.78 is 5.29. The third-order valence-electron chi connectivity index (χ3n) is 3.80. The van der Waals surface area contributed by atoms with Crippen molar-refractivity contribution >= 4 is 11.9 Å². The third-order valence-corrected chi connectivity index (χ3v) is 3.80. The van der Waals surface area contributed by atoms with Gasteiger partial charge in [0.15, 0.2) is 0 Å². The van der Waals surface area contributed by atoms with E-state index in [0.29, 0.717) is 5.56 Å². The fourth-order valence-corrected chi connectivity index (χ4v) is 2.61. The maximum atomic E-state index is 12.4. The minimum atomic E-state index is -1.16. The van der Waals surface area contributed by atoms with E-state index in [2.05, 4.69) is 0 Å². The number of carboxylic acids is 1. The summed E-state index contributed by atoms with van der Waals surface area (Å²) >= 11 is 0. The van der Waals surface area contributed by atoms with E-state index in [9.17, 15) is 14.7 Å². The standard InChI is InChI=1S/C21H16O4/c22-20(23)19-17(16-10-5-2-6-11-16)12-7-13-18(19)21(24)25-14-15-8-3-1-4-9-15/h1-13H,14H2,(H,22,23). The Morgan fingerprint density at radius 1 is 0.800 bits per heavy atom. The predicted octanol–water partition coefficient (Wildman–Crippen LogP) is 4.41. The average Bonchev–Trinajstić information content (AvgIpc) is 2.67. The highest BCUT2D eigenvalue weighted by Gasteiger charge is 2.22. The minimum absolute atomic E-state index is 0.0461. The Morgan fingerprint density at radius 3 is 2.08 bits per heavy atom. The molecule has 0 aromatic heterocycles. The summed E-state index contributed by atoms with van der Waals surface area (Å²) in [7, 11) is 0. The maximum absolute atomic E-state index is 12.4. The minimum Gasteiger partial charge on any atom is -0.478 e. The lowest BCUT2D eigenvalue weighted by atomic mass is 9.95. The predicted molar refractivity (Wildman–Crippen MR) is 94.4 cm³/mol. The van der Waals surface area contributed by atoms with E-state index >= 15 is 0 Å². The summed E-state index contributed by atoms with van der Waals surface area (Å²) in [6, 6.07) is 23.2. The van der Waals surface area contributed by atoms with E-state index in [1.54, 1.807) is 24.3 Å². The fourth-order valence-electron chi connectivity index (χ4n) is 2.61. The summed E-state index contributed by atoms with van der Waals surface area (Å²) in [5.74, 6) is -1.81. The van der Waals surface area contributed by atoms with Crippen LogP contribution in [0, 0.1) is 0 Å². The van der Waals surface area contributed by atoms with Crippen molar-refractivity contribution in [3.05, 3.63) is 95.6 Å². The average molecular weight is 332 g/mol. The molecular formula is C21H16O4. The number of rotatable bonds is 5. The summed E-state index contributed by atoms with van der Waals surface area (Å²) in [5.41, 5.74) is 2.06. The molecule has 4 heteroatoms. The van der Waals surface area contributed by atoms with E-state index in [1.165, 1.54) is 6.07 Å². The molecule has 0 spiro atoms. The van der Waals surface area contributed by atoms with Gasteiger partial charge >= 0.3 is 11.9 Å². The molecule has 0 fully saturated rings. The molecule has 0 atom stereocenters. The second kappa shape index (κ2) is 7.45. The maximum Gasteiger partial charge on any atom is 0.339 e. The van der Waals surface area contributed by atoms with Gasteiger partial charge in [-0.05, 0) is 22.8 Å². The number of carbonyl (C=O) groups is 2. The first-order valence-electron chi connectivity index (χ1n) is 7.79. The first kappa shape index (κ1) is 16.5. The van der Waals surface area contributed by atoms with E-state index in [-0.39, 0.29) is 17.7 Å². The van der Waals surface area contributed by atoms with Crippen LogP contribution in [-0.4, -0.2) is 17.0 Å². The zero-order valence-electron chi connectivity index (χ0n) is 13.4. The number of hydrogen-bond donors (Lipinski definition) is 1. The molecule has 4 nitrogen and oxygen atoms in total. The zero-order chi connectivity index (χ0) is 17.6. The molecule has 1 N–H and O–H groups in total. The van der Waals surface area contributed by atoms with Gasteiger partial charge in [-0.3, -0.25) is 0 Å². The molecule has 0 saturated heterocycles. The number of carboxylic acid groups (broad SMARTS) is 1. The summed E-state index contributed by atoms with van der Waals surface area (Å²) in [6.07, 6.45) is 0. The van der Waals surface area contributed by atoms with Gasteiger partial charge in [-0.15, -0.1) is 0 Å². The van der Waals surface area contributed by atoms with E-state index in [0.717, 1.165) is 11.1 Å². The second-order valence-corrected chi connectivity index (χ2v) is 5.46. The summed E-state index contributed by atoms with van der Waals surface area (Å²) in [5, 5.41) is 9.63. The van der Waals surface area contributed by atoms with Gasteiger partial charge in [0.25, 0.3) is 0 Å². The molecule has 3 aromatic carbocycles. The molecule has 0 saturated carbocycles. The van der Waals surface area contributed by atoms with Crippen LogP contribution in [0.25, 0.3) is 11.1 Å². The molecule has 0 bridgehead atoms. The number of aromatic carboxylic acids is 1. The van der Waals surface area contributed by atoms with Crippen LogP contribution in [0.2, 0.25) is 0 Å². The topological polar surface area (TPSA) is 63.6 Å². The first-order chi connectivity index (χ1) is 12.2. The molecule has 0 aliphatic rings. The number of benzene rings is 3. The second-order valence-electron chi connectivity index (χ2n) is 5.46. The molecule has 0 heterocycles. The van der Waals surface area contributed by atoms with E-state index in [4.69, 9.17) is 4.74 Å². The number of carbonyl (C=O) groups excluding carboxylic acids is 1. The quantitative estimate of drug-likeness (QED) is 0.703. The van der Waals surface area contributed by atoms with Gasteiger partial charge in [-0.1, -0.05) is 72.8 Å². The van der Waals surface area contributed by atoms with Crippen LogP contribution in [0.5, 0.6) is 0 Å². The molecule has 0 aliphatic carbocycles. The van der Waals surface area contributed by atoms with Crippen molar-refractivity contribution in [3.8, 4) is 11.1 Å². The lowest BCUT2D eigenvalue weighted by Crippen LogP contribution is -2.13. The smallest absolute Gasteiger partial charge is 0.339 e. The van der Waals surface area contributed by atoms with Crippen molar-refractivity contribution < 1.29 is 19.4 Å². The van der Waals surface area contributed by atoms with E-state index in [1.807, 2.05) is 48.5 Å². The molecule has 0 aliphatic heterocycles. The molecule has 0 radical (unpaired) electrons. The van der Waals surface area contributed by atoms with Gasteiger partial charge in [-0.2, -0.15) is 0 Å². The van der Waals surface area contributed by atoms with Crippen molar-refractivity contribution in [2.75, 3.05) is 0 Å². The normalized spacial score (nSPS) is 10.2. The highest BCUT2D eigenvalue weighted by atomic mass is 16.5. The Bertz CT molecular complexity index is 886. The van der Waals surface area contributed by atoms with Crippen LogP contribution in [0.15, 0.2) is 78.9 Å². The van der Waals surface area contributed by atoms with Crippen LogP contribution in [0.1, 0.15) is 26.3 Å². The Kier molecular flexibility index (Phi) is 4.90. The number of ether oxygens (including phenoxy) is 1. The van der Waals surface area contributed by atoms with Crippen molar-refractivity contribution in [2.45, 2.75) is 6.61 Å². The number of hydrogen-bond acceptors (Lipinski definition) is 3. The lowest BCUT2D eigenvalue weighted by molar-refractivity contribution is 0.0463. The van der Waals surface area contributed by atoms with Gasteiger partial charge in [0, 0.05) is 0 Å². The van der Waals surface area contributed by atoms with Gasteiger partial charge < -0.3 is 9.84 Å². The Balaban J connectivity index is 1.93. The largest absolute Gasteiger partial charge is 0.478 e. The van der Waals surface area contributed by atoms with Crippen LogP contribution < -0.4 is 0 Å². The molecule has 3 rings (SSSR count). The van der Waals surface area contributed by atoms with Crippen LogP contribution in [-0.2, 0) is 11.3 Å². The highest BCUT2D eigenvalue weighted by molar-refractivity contribution is 6.07. The number of esters is 1. The van der Waals surface area contributed by atoms with Gasteiger partial charge in [0.2, 0.25) is 0 Å². The van der Waals surface area contributed by atoms with Crippen molar-refractivity contribution in [3.63, 3.8) is 0 Å². The van der Waals surface area contributed by atoms with Crippen molar-refractivity contribution in [2.24, 2.45) is 0 Å². The van der Waals surface area contributed by atoms with Gasteiger partial charge in [0.05, 0.1) is 11.1 Å². The molecule has 3 aromatic rings. The molecular weight excluding hydrogens is 316 g/mol. The van der Waals surface area contributed by atoms with Gasteiger partial charge in [0.1, 0.15) is 6.61 Å². The SMILES string of the molecule is O=C(OCc1ccccc1)c1cccc(-c2ccccc2)c1C(=O)O. The monoisotopic (exact) mass is 332 g/mol. The van der Waals surface area contributed by atoms with Crippen molar-refractivity contribution in [1.29, 1.82) is 0 Å². The Hall–Kier alpha value is -3.40. The molecule has 0 amide bonds. The molecule has 124 valence electrons. The molecule has 25 heavy (non-hydrogen) atoms. The van der Waals surface area contributed by atoms with Crippen molar-refractivity contribution in [1.82, 2.24) is 0 Å². The Morgan fingerprint density at radius 2 is 1.44 bits per heavy atom. The first-order valence-corrected chi connectivity index (χ1v) is 7.79.